The maximum atomic E-state index is 13.3. The van der Waals surface area contributed by atoms with Crippen LogP contribution in [-0.2, 0) is 4.79 Å². The molecule has 0 spiro atoms. The second-order valence-corrected chi connectivity index (χ2v) is 10.3. The highest BCUT2D eigenvalue weighted by molar-refractivity contribution is 5.99. The van der Waals surface area contributed by atoms with Crippen LogP contribution in [0, 0.1) is 5.41 Å². The molecule has 0 aromatic heterocycles. The predicted molar refractivity (Wildman–Crippen MR) is 123 cm³/mol. The molecule has 166 valence electrons. The van der Waals surface area contributed by atoms with E-state index in [1.54, 1.807) is 0 Å². The lowest BCUT2D eigenvalue weighted by atomic mass is 9.91. The minimum atomic E-state index is 0.00838. The molecule has 2 amide bonds. The van der Waals surface area contributed by atoms with Crippen molar-refractivity contribution in [3.8, 4) is 0 Å². The molecule has 2 aliphatic rings. The minimum absolute atomic E-state index is 0.00838. The Morgan fingerprint density at radius 1 is 1.03 bits per heavy atom. The second-order valence-electron chi connectivity index (χ2n) is 10.3. The standard InChI is InChI=1S/C25H39N3O2/c1-25(2,3)18-23(29)26-19-14-16-28(17-15-19)22-13-9-8-12-21(22)24(30)27(4)20-10-6-5-7-11-20/h8-9,12-13,19-20H,5-7,10-11,14-18H2,1-4H3,(H,26,29). The van der Waals surface area contributed by atoms with E-state index < -0.39 is 0 Å². The van der Waals surface area contributed by atoms with Gasteiger partial charge in [-0.15, -0.1) is 0 Å². The zero-order valence-electron chi connectivity index (χ0n) is 19.2. The van der Waals surface area contributed by atoms with Crippen LogP contribution in [0.3, 0.4) is 0 Å². The van der Waals surface area contributed by atoms with E-state index in [0.717, 1.165) is 50.0 Å². The van der Waals surface area contributed by atoms with Crippen LogP contribution in [0.2, 0.25) is 0 Å². The average molecular weight is 414 g/mol. The first-order chi connectivity index (χ1) is 14.2. The first-order valence-corrected chi connectivity index (χ1v) is 11.6. The van der Waals surface area contributed by atoms with E-state index >= 15 is 0 Å². The van der Waals surface area contributed by atoms with Gasteiger partial charge in [0, 0.05) is 44.3 Å². The molecule has 5 heteroatoms. The Morgan fingerprint density at radius 2 is 1.67 bits per heavy atom. The molecule has 0 atom stereocenters. The Kier molecular flexibility index (Phi) is 7.43. The van der Waals surface area contributed by atoms with E-state index in [2.05, 4.69) is 37.1 Å². The van der Waals surface area contributed by atoms with Crippen molar-refractivity contribution in [2.75, 3.05) is 25.0 Å². The summed E-state index contributed by atoms with van der Waals surface area (Å²) in [6.45, 7) is 7.99. The summed E-state index contributed by atoms with van der Waals surface area (Å²) in [6, 6.07) is 8.61. The van der Waals surface area contributed by atoms with Gasteiger partial charge >= 0.3 is 0 Å². The van der Waals surface area contributed by atoms with Gasteiger partial charge in [-0.05, 0) is 43.2 Å². The summed E-state index contributed by atoms with van der Waals surface area (Å²) < 4.78 is 0. The number of para-hydroxylation sites is 1. The molecule has 0 radical (unpaired) electrons. The van der Waals surface area contributed by atoms with E-state index in [4.69, 9.17) is 0 Å². The molecule has 1 aromatic rings. The number of rotatable bonds is 5. The topological polar surface area (TPSA) is 52.7 Å². The predicted octanol–water partition coefficient (Wildman–Crippen LogP) is 4.61. The third-order valence-electron chi connectivity index (χ3n) is 6.47. The van der Waals surface area contributed by atoms with Crippen molar-refractivity contribution in [1.82, 2.24) is 10.2 Å². The first kappa shape index (κ1) is 22.6. The van der Waals surface area contributed by atoms with Crippen molar-refractivity contribution < 1.29 is 9.59 Å². The number of amides is 2. The van der Waals surface area contributed by atoms with E-state index in [0.29, 0.717) is 12.5 Å². The summed E-state index contributed by atoms with van der Waals surface area (Å²) in [7, 11) is 1.96. The van der Waals surface area contributed by atoms with Gasteiger partial charge in [0.05, 0.1) is 5.56 Å². The van der Waals surface area contributed by atoms with Crippen molar-refractivity contribution in [1.29, 1.82) is 0 Å². The van der Waals surface area contributed by atoms with Crippen LogP contribution in [0.4, 0.5) is 5.69 Å². The number of hydrogen-bond donors (Lipinski definition) is 1. The maximum absolute atomic E-state index is 13.3. The fraction of sp³-hybridized carbons (Fsp3) is 0.680. The monoisotopic (exact) mass is 413 g/mol. The Bertz CT molecular complexity index is 726. The van der Waals surface area contributed by atoms with Crippen LogP contribution >= 0.6 is 0 Å². The van der Waals surface area contributed by atoms with Gasteiger partial charge in [-0.25, -0.2) is 0 Å². The minimum Gasteiger partial charge on any atom is -0.371 e. The summed E-state index contributed by atoms with van der Waals surface area (Å²) in [6.07, 6.45) is 8.34. The van der Waals surface area contributed by atoms with Gasteiger partial charge in [0.25, 0.3) is 5.91 Å². The van der Waals surface area contributed by atoms with E-state index in [-0.39, 0.29) is 23.3 Å². The highest BCUT2D eigenvalue weighted by atomic mass is 16.2. The van der Waals surface area contributed by atoms with E-state index in [1.807, 2.05) is 30.1 Å². The molecule has 1 aliphatic carbocycles. The molecule has 1 aromatic carbocycles. The van der Waals surface area contributed by atoms with Crippen molar-refractivity contribution in [2.45, 2.75) is 84.2 Å². The molecule has 1 N–H and O–H groups in total. The molecule has 1 heterocycles. The summed E-state index contributed by atoms with van der Waals surface area (Å²) in [5.74, 6) is 0.281. The number of carbonyl (C=O) groups is 2. The fourth-order valence-corrected chi connectivity index (χ4v) is 4.78. The number of hydrogen-bond acceptors (Lipinski definition) is 3. The Morgan fingerprint density at radius 3 is 2.30 bits per heavy atom. The Labute approximate surface area is 182 Å². The van der Waals surface area contributed by atoms with E-state index in [9.17, 15) is 9.59 Å². The molecule has 1 saturated carbocycles. The molecule has 5 nitrogen and oxygen atoms in total. The molecule has 3 rings (SSSR count). The first-order valence-electron chi connectivity index (χ1n) is 11.6. The molecular formula is C25H39N3O2. The van der Waals surface area contributed by atoms with Crippen molar-refractivity contribution in [3.05, 3.63) is 29.8 Å². The molecule has 2 fully saturated rings. The van der Waals surface area contributed by atoms with Crippen molar-refractivity contribution in [3.63, 3.8) is 0 Å². The van der Waals surface area contributed by atoms with Gasteiger partial charge in [-0.1, -0.05) is 52.2 Å². The summed E-state index contributed by atoms with van der Waals surface area (Å²) in [4.78, 5) is 29.8. The van der Waals surface area contributed by atoms with Gasteiger partial charge < -0.3 is 15.1 Å². The number of anilines is 1. The lowest BCUT2D eigenvalue weighted by Crippen LogP contribution is -2.46. The van der Waals surface area contributed by atoms with Crippen LogP contribution in [0.15, 0.2) is 24.3 Å². The van der Waals surface area contributed by atoms with Gasteiger partial charge in [0.2, 0.25) is 5.91 Å². The summed E-state index contributed by atoms with van der Waals surface area (Å²) >= 11 is 0. The summed E-state index contributed by atoms with van der Waals surface area (Å²) in [5.41, 5.74) is 1.85. The maximum Gasteiger partial charge on any atom is 0.255 e. The lowest BCUT2D eigenvalue weighted by molar-refractivity contribution is -0.123. The smallest absolute Gasteiger partial charge is 0.255 e. The zero-order valence-corrected chi connectivity index (χ0v) is 19.2. The molecule has 0 unspecified atom stereocenters. The van der Waals surface area contributed by atoms with Crippen molar-refractivity contribution in [2.24, 2.45) is 5.41 Å². The lowest BCUT2D eigenvalue weighted by Gasteiger charge is -2.36. The Balaban J connectivity index is 1.61. The Hall–Kier alpha value is -2.04. The molecule has 0 bridgehead atoms. The van der Waals surface area contributed by atoms with Crippen LogP contribution in [0.25, 0.3) is 0 Å². The number of nitrogens with one attached hydrogen (secondary N) is 1. The largest absolute Gasteiger partial charge is 0.371 e. The number of benzene rings is 1. The molecule has 1 saturated heterocycles. The van der Waals surface area contributed by atoms with Gasteiger partial charge in [0.1, 0.15) is 0 Å². The van der Waals surface area contributed by atoms with Crippen molar-refractivity contribution >= 4 is 17.5 Å². The average Bonchev–Trinajstić information content (AvgIpc) is 2.72. The molecule has 30 heavy (non-hydrogen) atoms. The highest BCUT2D eigenvalue weighted by Gasteiger charge is 2.28. The van der Waals surface area contributed by atoms with Gasteiger partial charge in [-0.3, -0.25) is 9.59 Å². The molecular weight excluding hydrogens is 374 g/mol. The highest BCUT2D eigenvalue weighted by Crippen LogP contribution is 2.28. The van der Waals surface area contributed by atoms with Crippen LogP contribution in [-0.4, -0.2) is 48.9 Å². The number of carbonyl (C=O) groups excluding carboxylic acids is 2. The normalized spacial score (nSPS) is 18.9. The molecule has 1 aliphatic heterocycles. The SMILES string of the molecule is CN(C(=O)c1ccccc1N1CCC(NC(=O)CC(C)(C)C)CC1)C1CCCCC1. The third-order valence-corrected chi connectivity index (χ3v) is 6.47. The number of nitrogens with zero attached hydrogens (tertiary/aromatic N) is 2. The number of piperidine rings is 1. The van der Waals surface area contributed by atoms with Gasteiger partial charge in [0.15, 0.2) is 0 Å². The zero-order chi connectivity index (χ0) is 21.7. The van der Waals surface area contributed by atoms with Crippen LogP contribution in [0.1, 0.15) is 82.5 Å². The third kappa shape index (κ3) is 5.99. The quantitative estimate of drug-likeness (QED) is 0.767. The fourth-order valence-electron chi connectivity index (χ4n) is 4.78. The van der Waals surface area contributed by atoms with E-state index in [1.165, 1.54) is 19.3 Å². The van der Waals surface area contributed by atoms with Crippen LogP contribution in [0.5, 0.6) is 0 Å². The summed E-state index contributed by atoms with van der Waals surface area (Å²) in [5, 5.41) is 3.21. The second kappa shape index (κ2) is 9.84. The van der Waals surface area contributed by atoms with Gasteiger partial charge in [-0.2, -0.15) is 0 Å². The van der Waals surface area contributed by atoms with Crippen LogP contribution < -0.4 is 10.2 Å².